The van der Waals surface area contributed by atoms with E-state index in [4.69, 9.17) is 23.8 Å². The van der Waals surface area contributed by atoms with Crippen molar-refractivity contribution in [2.45, 2.75) is 56.9 Å². The van der Waals surface area contributed by atoms with Gasteiger partial charge in [-0.25, -0.2) is 0 Å². The van der Waals surface area contributed by atoms with Crippen LogP contribution in [-0.2, 0) is 9.59 Å². The molecule has 0 aromatic heterocycles. The summed E-state index contributed by atoms with van der Waals surface area (Å²) in [6.45, 7) is 0.483. The van der Waals surface area contributed by atoms with Crippen LogP contribution in [0.5, 0.6) is 0 Å². The molecule has 4 saturated carbocycles. The summed E-state index contributed by atoms with van der Waals surface area (Å²) in [5, 5.41) is 4.08. The highest BCUT2D eigenvalue weighted by Gasteiger charge is 2.51. The van der Waals surface area contributed by atoms with Crippen LogP contribution in [0.1, 0.15) is 56.9 Å². The number of benzene rings is 1. The van der Waals surface area contributed by atoms with Gasteiger partial charge in [-0.15, -0.1) is 0 Å². The minimum absolute atomic E-state index is 0.0505. The van der Waals surface area contributed by atoms with Crippen LogP contribution in [0.3, 0.4) is 0 Å². The number of hydrogen-bond donors (Lipinski definition) is 1. The number of thioether (sulfide) groups is 1. The van der Waals surface area contributed by atoms with Crippen molar-refractivity contribution < 1.29 is 9.59 Å². The molecule has 5 fully saturated rings. The monoisotopic (exact) mass is 474 g/mol. The fraction of sp³-hybridized carbons (Fsp3) is 0.542. The summed E-state index contributed by atoms with van der Waals surface area (Å²) in [4.78, 5) is 27.7. The van der Waals surface area contributed by atoms with Crippen molar-refractivity contribution in [2.75, 3.05) is 6.54 Å². The second-order valence-corrected chi connectivity index (χ2v) is 11.8. The van der Waals surface area contributed by atoms with E-state index in [2.05, 4.69) is 5.32 Å². The molecule has 31 heavy (non-hydrogen) atoms. The first-order valence-corrected chi connectivity index (χ1v) is 12.8. The first kappa shape index (κ1) is 21.5. The number of rotatable bonds is 6. The quantitative estimate of drug-likeness (QED) is 0.442. The Morgan fingerprint density at radius 2 is 1.77 bits per heavy atom. The van der Waals surface area contributed by atoms with Crippen LogP contribution in [0.2, 0.25) is 5.02 Å². The maximum absolute atomic E-state index is 12.8. The largest absolute Gasteiger partial charge is 0.351 e. The molecule has 0 unspecified atom stereocenters. The van der Waals surface area contributed by atoms with Gasteiger partial charge in [0.1, 0.15) is 4.32 Å². The summed E-state index contributed by atoms with van der Waals surface area (Å²) in [6, 6.07) is 7.36. The van der Waals surface area contributed by atoms with Crippen molar-refractivity contribution in [3.63, 3.8) is 0 Å². The van der Waals surface area contributed by atoms with Gasteiger partial charge >= 0.3 is 0 Å². The van der Waals surface area contributed by atoms with Crippen LogP contribution < -0.4 is 5.32 Å². The lowest BCUT2D eigenvalue weighted by atomic mass is 9.53. The highest BCUT2D eigenvalue weighted by Crippen LogP contribution is 2.55. The van der Waals surface area contributed by atoms with Gasteiger partial charge in [0.25, 0.3) is 5.91 Å². The Balaban J connectivity index is 1.13. The van der Waals surface area contributed by atoms with Gasteiger partial charge in [-0.3, -0.25) is 14.5 Å². The van der Waals surface area contributed by atoms with E-state index in [0.717, 1.165) is 42.6 Å². The second kappa shape index (κ2) is 8.53. The van der Waals surface area contributed by atoms with Crippen molar-refractivity contribution >= 4 is 57.8 Å². The topological polar surface area (TPSA) is 49.4 Å². The lowest BCUT2D eigenvalue weighted by Crippen LogP contribution is -2.59. The highest BCUT2D eigenvalue weighted by atomic mass is 35.5. The van der Waals surface area contributed by atoms with Gasteiger partial charge in [0.15, 0.2) is 0 Å². The normalized spacial score (nSPS) is 32.9. The van der Waals surface area contributed by atoms with Gasteiger partial charge in [0, 0.05) is 23.5 Å². The van der Waals surface area contributed by atoms with Crippen molar-refractivity contribution in [1.82, 2.24) is 10.2 Å². The third-order valence-corrected chi connectivity index (χ3v) is 8.90. The van der Waals surface area contributed by atoms with E-state index < -0.39 is 0 Å². The van der Waals surface area contributed by atoms with Gasteiger partial charge in [-0.1, -0.05) is 47.7 Å². The molecule has 4 aliphatic carbocycles. The van der Waals surface area contributed by atoms with Crippen molar-refractivity contribution in [2.24, 2.45) is 17.8 Å². The molecule has 7 heteroatoms. The van der Waals surface area contributed by atoms with Gasteiger partial charge < -0.3 is 5.32 Å². The van der Waals surface area contributed by atoms with Crippen LogP contribution in [0, 0.1) is 17.8 Å². The Hall–Kier alpha value is -1.37. The van der Waals surface area contributed by atoms with Crippen LogP contribution in [0.25, 0.3) is 6.08 Å². The van der Waals surface area contributed by atoms with E-state index in [1.54, 1.807) is 17.0 Å². The van der Waals surface area contributed by atoms with Crippen LogP contribution >= 0.6 is 35.6 Å². The molecule has 0 atom stereocenters. The Labute approximate surface area is 198 Å². The molecule has 4 bridgehead atoms. The number of thiocarbonyl (C=S) groups is 1. The lowest BCUT2D eigenvalue weighted by Gasteiger charge is -2.56. The molecule has 6 rings (SSSR count). The average molecular weight is 475 g/mol. The van der Waals surface area contributed by atoms with E-state index in [-0.39, 0.29) is 17.4 Å². The minimum atomic E-state index is -0.0774. The van der Waals surface area contributed by atoms with Gasteiger partial charge in [-0.05, 0) is 86.5 Å². The van der Waals surface area contributed by atoms with Gasteiger partial charge in [0.2, 0.25) is 5.91 Å². The molecule has 1 saturated heterocycles. The van der Waals surface area contributed by atoms with E-state index in [1.807, 2.05) is 18.2 Å². The summed E-state index contributed by atoms with van der Waals surface area (Å²) in [7, 11) is 0. The molecular weight excluding hydrogens is 448 g/mol. The predicted octanol–water partition coefficient (Wildman–Crippen LogP) is 5.41. The number of hydrogen-bond acceptors (Lipinski definition) is 4. The maximum atomic E-state index is 12.8. The first-order chi connectivity index (χ1) is 14.9. The zero-order chi connectivity index (χ0) is 21.6. The van der Waals surface area contributed by atoms with Crippen molar-refractivity contribution in [1.29, 1.82) is 0 Å². The van der Waals surface area contributed by atoms with E-state index in [9.17, 15) is 9.59 Å². The Bertz CT molecular complexity index is 908. The smallest absolute Gasteiger partial charge is 0.266 e. The Morgan fingerprint density at radius 1 is 1.16 bits per heavy atom. The third-order valence-electron chi connectivity index (χ3n) is 7.27. The summed E-state index contributed by atoms with van der Waals surface area (Å²) in [6.07, 6.45) is 10.5. The van der Waals surface area contributed by atoms with E-state index in [0.29, 0.717) is 33.6 Å². The Kier molecular flexibility index (Phi) is 5.91. The molecule has 1 heterocycles. The molecular formula is C24H27ClN2O2S2. The van der Waals surface area contributed by atoms with Gasteiger partial charge in [0.05, 0.1) is 4.91 Å². The fourth-order valence-electron chi connectivity index (χ4n) is 6.42. The molecule has 0 radical (unpaired) electrons. The summed E-state index contributed by atoms with van der Waals surface area (Å²) < 4.78 is 0.562. The molecule has 1 N–H and O–H groups in total. The van der Waals surface area contributed by atoms with Crippen molar-refractivity contribution in [3.8, 4) is 0 Å². The SMILES string of the molecule is O=C(CCCN1C(=O)C(=Cc2ccc(Cl)cc2)SC1=S)NC12CC3CC(CC(C3)C1)C2. The Morgan fingerprint density at radius 3 is 2.39 bits per heavy atom. The molecule has 0 spiro atoms. The van der Waals surface area contributed by atoms with E-state index in [1.165, 1.54) is 31.0 Å². The van der Waals surface area contributed by atoms with Gasteiger partial charge in [-0.2, -0.15) is 0 Å². The summed E-state index contributed by atoms with van der Waals surface area (Å²) in [5.74, 6) is 2.49. The summed E-state index contributed by atoms with van der Waals surface area (Å²) >= 11 is 12.7. The van der Waals surface area contributed by atoms with Crippen LogP contribution in [0.15, 0.2) is 29.2 Å². The molecule has 1 aromatic rings. The molecule has 1 aliphatic heterocycles. The first-order valence-electron chi connectivity index (χ1n) is 11.2. The maximum Gasteiger partial charge on any atom is 0.266 e. The predicted molar refractivity (Wildman–Crippen MR) is 130 cm³/mol. The van der Waals surface area contributed by atoms with Crippen LogP contribution in [-0.4, -0.2) is 33.1 Å². The average Bonchev–Trinajstić information content (AvgIpc) is 2.95. The number of carbonyl (C=O) groups excluding carboxylic acids is 2. The fourth-order valence-corrected chi connectivity index (χ4v) is 7.86. The summed E-state index contributed by atoms with van der Waals surface area (Å²) in [5.41, 5.74) is 0.967. The standard InChI is InChI=1S/C24H27ClN2O2S2/c25-19-5-3-15(4-6-19)11-20-22(29)27(23(30)31-20)7-1-2-21(28)26-24-12-16-8-17(13-24)10-18(9-16)14-24/h3-6,11,16-18H,1-2,7-10,12-14H2,(H,26,28). The number of carbonyl (C=O) groups is 2. The van der Waals surface area contributed by atoms with Crippen molar-refractivity contribution in [3.05, 3.63) is 39.8 Å². The molecule has 4 nitrogen and oxygen atoms in total. The van der Waals surface area contributed by atoms with Crippen LogP contribution in [0.4, 0.5) is 0 Å². The third kappa shape index (κ3) is 4.57. The molecule has 2 amide bonds. The zero-order valence-corrected chi connectivity index (χ0v) is 19.8. The molecule has 1 aromatic carbocycles. The zero-order valence-electron chi connectivity index (χ0n) is 17.4. The molecule has 5 aliphatic rings. The number of halogens is 1. The number of nitrogens with one attached hydrogen (secondary N) is 1. The highest BCUT2D eigenvalue weighted by molar-refractivity contribution is 8.26. The minimum Gasteiger partial charge on any atom is -0.351 e. The number of nitrogens with zero attached hydrogens (tertiary/aromatic N) is 1. The lowest BCUT2D eigenvalue weighted by molar-refractivity contribution is -0.127. The number of amides is 2. The second-order valence-electron chi connectivity index (χ2n) is 9.73. The molecule has 164 valence electrons. The van der Waals surface area contributed by atoms with E-state index >= 15 is 0 Å².